The number of rotatable bonds is 3. The number of aromatic nitrogens is 3. The third-order valence-electron chi connectivity index (χ3n) is 4.27. The highest BCUT2D eigenvalue weighted by atomic mass is 35.5. The molecule has 0 amide bonds. The molecule has 2 aromatic heterocycles. The number of anilines is 1. The Morgan fingerprint density at radius 1 is 1.28 bits per heavy atom. The van der Waals surface area contributed by atoms with E-state index in [1.165, 1.54) is 12.1 Å². The van der Waals surface area contributed by atoms with E-state index in [1.54, 1.807) is 29.8 Å². The van der Waals surface area contributed by atoms with Crippen molar-refractivity contribution in [1.82, 2.24) is 14.4 Å². The molecule has 1 aromatic carbocycles. The van der Waals surface area contributed by atoms with Crippen LogP contribution in [0.2, 0.25) is 0 Å². The van der Waals surface area contributed by atoms with Gasteiger partial charge in [0.1, 0.15) is 0 Å². The van der Waals surface area contributed by atoms with Crippen molar-refractivity contribution < 1.29 is 13.9 Å². The van der Waals surface area contributed by atoms with Gasteiger partial charge in [0.25, 0.3) is 0 Å². The second-order valence-corrected chi connectivity index (χ2v) is 6.68. The average Bonchev–Trinajstić information content (AvgIpc) is 2.90. The maximum absolute atomic E-state index is 13.6. The number of alkyl halides is 3. The molecule has 3 N–H and O–H groups in total. The highest BCUT2D eigenvalue weighted by Gasteiger charge is 2.48. The van der Waals surface area contributed by atoms with Crippen LogP contribution in [0.25, 0.3) is 16.9 Å². The van der Waals surface area contributed by atoms with Crippen molar-refractivity contribution in [3.8, 4) is 11.3 Å². The predicted molar refractivity (Wildman–Crippen MR) is 92.7 cm³/mol. The van der Waals surface area contributed by atoms with E-state index in [4.69, 9.17) is 17.3 Å². The Balaban J connectivity index is 2.24. The summed E-state index contributed by atoms with van der Waals surface area (Å²) in [5, 5.41) is 6.39. The molecule has 8 heteroatoms. The van der Waals surface area contributed by atoms with Crippen LogP contribution in [-0.2, 0) is 5.60 Å². The lowest BCUT2D eigenvalue weighted by Gasteiger charge is -2.28. The zero-order valence-electron chi connectivity index (χ0n) is 13.9. The summed E-state index contributed by atoms with van der Waals surface area (Å²) < 4.78 is 28.9. The van der Waals surface area contributed by atoms with Crippen molar-refractivity contribution in [3.63, 3.8) is 0 Å². The van der Waals surface area contributed by atoms with Crippen LogP contribution in [-0.4, -0.2) is 24.9 Å². The maximum atomic E-state index is 13.6. The van der Waals surface area contributed by atoms with E-state index in [1.807, 2.05) is 6.92 Å². The van der Waals surface area contributed by atoms with Crippen molar-refractivity contribution in [2.75, 3.05) is 5.73 Å². The van der Waals surface area contributed by atoms with Crippen LogP contribution in [0.15, 0.2) is 30.6 Å². The highest BCUT2D eigenvalue weighted by molar-refractivity contribution is 6.22. The third-order valence-corrected chi connectivity index (χ3v) is 4.63. The summed E-state index contributed by atoms with van der Waals surface area (Å²) in [5.41, 5.74) is 6.65. The fourth-order valence-electron chi connectivity index (χ4n) is 2.70. The van der Waals surface area contributed by atoms with Crippen LogP contribution in [0.1, 0.15) is 23.7 Å². The lowest BCUT2D eigenvalue weighted by atomic mass is 9.92. The zero-order chi connectivity index (χ0) is 18.6. The molecule has 25 heavy (non-hydrogen) atoms. The lowest BCUT2D eigenvalue weighted by molar-refractivity contribution is -0.120. The monoisotopic (exact) mass is 366 g/mol. The van der Waals surface area contributed by atoms with Crippen molar-refractivity contribution in [2.45, 2.75) is 31.8 Å². The number of imidazole rings is 1. The van der Waals surface area contributed by atoms with Gasteiger partial charge in [-0.05, 0) is 49.6 Å². The molecule has 0 bridgehead atoms. The standard InChI is InChI=1S/C17H17ClF2N4O/c1-9-4-5-11(16(3,25)17(18,19)20)6-12(9)13-7-22-15-14(21)23-10(2)8-24(13)15/h4-8,25H,1-3H3,(H2,21,23). The van der Waals surface area contributed by atoms with Gasteiger partial charge in [0.05, 0.1) is 17.6 Å². The number of nitrogens with two attached hydrogens (primary N) is 1. The number of nitrogens with zero attached hydrogens (tertiary/aromatic N) is 3. The Morgan fingerprint density at radius 3 is 2.60 bits per heavy atom. The molecule has 0 fully saturated rings. The van der Waals surface area contributed by atoms with Crippen LogP contribution in [0, 0.1) is 13.8 Å². The number of benzene rings is 1. The minimum absolute atomic E-state index is 0.00167. The highest BCUT2D eigenvalue weighted by Crippen LogP contribution is 2.42. The Bertz CT molecular complexity index is 963. The molecule has 0 aliphatic rings. The van der Waals surface area contributed by atoms with E-state index in [0.29, 0.717) is 22.6 Å². The van der Waals surface area contributed by atoms with E-state index in [-0.39, 0.29) is 11.4 Å². The van der Waals surface area contributed by atoms with Crippen LogP contribution in [0.4, 0.5) is 14.6 Å². The van der Waals surface area contributed by atoms with E-state index in [2.05, 4.69) is 9.97 Å². The van der Waals surface area contributed by atoms with Gasteiger partial charge in [-0.1, -0.05) is 12.1 Å². The third kappa shape index (κ3) is 2.83. The molecule has 2 heterocycles. The van der Waals surface area contributed by atoms with Crippen molar-refractivity contribution in [3.05, 3.63) is 47.4 Å². The summed E-state index contributed by atoms with van der Waals surface area (Å²) in [6.07, 6.45) is 3.35. The fourth-order valence-corrected chi connectivity index (χ4v) is 2.81. The first-order valence-corrected chi connectivity index (χ1v) is 7.91. The Hall–Kier alpha value is -2.25. The van der Waals surface area contributed by atoms with Gasteiger partial charge in [0.15, 0.2) is 17.1 Å². The number of nitrogen functional groups attached to an aromatic ring is 1. The second kappa shape index (κ2) is 5.64. The predicted octanol–water partition coefficient (Wildman–Crippen LogP) is 3.63. The molecular formula is C17H17ClF2N4O. The zero-order valence-corrected chi connectivity index (χ0v) is 14.6. The minimum atomic E-state index is -3.82. The van der Waals surface area contributed by atoms with Gasteiger partial charge in [0, 0.05) is 11.8 Å². The number of hydrogen-bond donors (Lipinski definition) is 2. The topological polar surface area (TPSA) is 76.4 Å². The smallest absolute Gasteiger partial charge is 0.353 e. The molecule has 1 atom stereocenters. The summed E-state index contributed by atoms with van der Waals surface area (Å²) in [5.74, 6) is 0.277. The first-order valence-electron chi connectivity index (χ1n) is 7.53. The fraction of sp³-hybridized carbons (Fsp3) is 0.294. The second-order valence-electron chi connectivity index (χ2n) is 6.20. The number of aliphatic hydroxyl groups is 1. The van der Waals surface area contributed by atoms with Gasteiger partial charge in [-0.3, -0.25) is 4.40 Å². The van der Waals surface area contributed by atoms with Crippen molar-refractivity contribution in [1.29, 1.82) is 0 Å². The molecule has 132 valence electrons. The number of halogens is 3. The lowest BCUT2D eigenvalue weighted by Crippen LogP contribution is -2.38. The van der Waals surface area contributed by atoms with Crippen LogP contribution in [0.5, 0.6) is 0 Å². The summed E-state index contributed by atoms with van der Waals surface area (Å²) >= 11 is 5.09. The number of aryl methyl sites for hydroxylation is 2. The molecule has 5 nitrogen and oxygen atoms in total. The van der Waals surface area contributed by atoms with Gasteiger partial charge in [-0.25, -0.2) is 9.97 Å². The SMILES string of the molecule is Cc1cn2c(-c3cc(C(C)(O)C(F)(F)Cl)ccc3C)cnc2c(N)n1. The first kappa shape index (κ1) is 17.6. The van der Waals surface area contributed by atoms with Gasteiger partial charge in [-0.2, -0.15) is 8.78 Å². The molecule has 0 spiro atoms. The maximum Gasteiger partial charge on any atom is 0.353 e. The van der Waals surface area contributed by atoms with Crippen LogP contribution in [0.3, 0.4) is 0 Å². The summed E-state index contributed by atoms with van der Waals surface area (Å²) in [7, 11) is 0. The van der Waals surface area contributed by atoms with E-state index < -0.39 is 11.0 Å². The van der Waals surface area contributed by atoms with Gasteiger partial charge in [-0.15, -0.1) is 0 Å². The summed E-state index contributed by atoms with van der Waals surface area (Å²) in [6.45, 7) is 4.61. The molecule has 0 radical (unpaired) electrons. The molecular weight excluding hydrogens is 350 g/mol. The molecule has 3 rings (SSSR count). The largest absolute Gasteiger partial charge is 0.381 e. The molecule has 0 saturated heterocycles. The normalized spacial score (nSPS) is 14.7. The van der Waals surface area contributed by atoms with Gasteiger partial charge < -0.3 is 10.8 Å². The Labute approximate surface area is 148 Å². The van der Waals surface area contributed by atoms with E-state index >= 15 is 0 Å². The molecule has 3 aromatic rings. The molecule has 0 saturated carbocycles. The Kier molecular flexibility index (Phi) is 3.96. The molecule has 1 unspecified atom stereocenters. The van der Waals surface area contributed by atoms with Crippen molar-refractivity contribution in [2.24, 2.45) is 0 Å². The molecule has 0 aliphatic carbocycles. The van der Waals surface area contributed by atoms with E-state index in [9.17, 15) is 13.9 Å². The quantitative estimate of drug-likeness (QED) is 0.694. The number of fused-ring (bicyclic) bond motifs is 1. The van der Waals surface area contributed by atoms with E-state index in [0.717, 1.165) is 12.5 Å². The summed E-state index contributed by atoms with van der Waals surface area (Å²) in [4.78, 5) is 8.41. The summed E-state index contributed by atoms with van der Waals surface area (Å²) in [6, 6.07) is 4.57. The van der Waals surface area contributed by atoms with Gasteiger partial charge >= 0.3 is 5.38 Å². The molecule has 0 aliphatic heterocycles. The van der Waals surface area contributed by atoms with Crippen molar-refractivity contribution >= 4 is 23.1 Å². The number of hydrogen-bond acceptors (Lipinski definition) is 4. The van der Waals surface area contributed by atoms with Gasteiger partial charge in [0.2, 0.25) is 0 Å². The minimum Gasteiger partial charge on any atom is -0.381 e. The Morgan fingerprint density at radius 2 is 1.96 bits per heavy atom. The first-order chi connectivity index (χ1) is 11.5. The van der Waals surface area contributed by atoms with Crippen LogP contribution < -0.4 is 5.73 Å². The average molecular weight is 367 g/mol. The van der Waals surface area contributed by atoms with Crippen LogP contribution >= 0.6 is 11.6 Å².